The van der Waals surface area contributed by atoms with Crippen LogP contribution in [0, 0.1) is 11.3 Å². The van der Waals surface area contributed by atoms with Gasteiger partial charge in [0.2, 0.25) is 5.91 Å². The number of likely N-dealkylation sites (tertiary alicyclic amines) is 1. The standard InChI is InChI=1S/C12H21N3O/c1-3-7-14(10-6-13)11(2)12(16)15-8-4-5-9-15/h11H,3-5,7-10H2,1-2H3. The molecule has 1 saturated heterocycles. The molecular weight excluding hydrogens is 202 g/mol. The summed E-state index contributed by atoms with van der Waals surface area (Å²) in [5.41, 5.74) is 0. The van der Waals surface area contributed by atoms with E-state index in [9.17, 15) is 4.79 Å². The fourth-order valence-electron chi connectivity index (χ4n) is 2.15. The number of carbonyl (C=O) groups excluding carboxylic acids is 1. The molecule has 1 amide bonds. The van der Waals surface area contributed by atoms with Crippen molar-refractivity contribution in [3.8, 4) is 6.07 Å². The summed E-state index contributed by atoms with van der Waals surface area (Å²) in [6.45, 7) is 6.90. The van der Waals surface area contributed by atoms with Gasteiger partial charge < -0.3 is 4.90 Å². The van der Waals surface area contributed by atoms with Crippen molar-refractivity contribution in [2.75, 3.05) is 26.2 Å². The lowest BCUT2D eigenvalue weighted by Gasteiger charge is -2.28. The van der Waals surface area contributed by atoms with E-state index in [1.807, 2.05) is 16.7 Å². The lowest BCUT2D eigenvalue weighted by molar-refractivity contribution is -0.135. The van der Waals surface area contributed by atoms with Crippen LogP contribution in [0.25, 0.3) is 0 Å². The molecule has 1 unspecified atom stereocenters. The fraction of sp³-hybridized carbons (Fsp3) is 0.833. The highest BCUT2D eigenvalue weighted by Crippen LogP contribution is 2.12. The number of nitriles is 1. The third-order valence-electron chi connectivity index (χ3n) is 3.11. The molecule has 1 rings (SSSR count). The van der Waals surface area contributed by atoms with Crippen LogP contribution in [0.1, 0.15) is 33.1 Å². The largest absolute Gasteiger partial charge is 0.341 e. The number of carbonyl (C=O) groups is 1. The van der Waals surface area contributed by atoms with Gasteiger partial charge in [-0.2, -0.15) is 5.26 Å². The van der Waals surface area contributed by atoms with E-state index in [4.69, 9.17) is 5.26 Å². The first-order valence-electron chi connectivity index (χ1n) is 6.10. The number of amides is 1. The molecule has 1 fully saturated rings. The molecule has 0 saturated carbocycles. The Morgan fingerprint density at radius 1 is 1.50 bits per heavy atom. The van der Waals surface area contributed by atoms with Crippen molar-refractivity contribution in [1.29, 1.82) is 5.26 Å². The van der Waals surface area contributed by atoms with Crippen LogP contribution in [-0.2, 0) is 4.79 Å². The van der Waals surface area contributed by atoms with Gasteiger partial charge in [0.1, 0.15) is 0 Å². The zero-order valence-corrected chi connectivity index (χ0v) is 10.3. The minimum Gasteiger partial charge on any atom is -0.341 e. The first-order chi connectivity index (χ1) is 7.70. The molecule has 0 aliphatic carbocycles. The maximum Gasteiger partial charge on any atom is 0.239 e. The molecule has 0 bridgehead atoms. The van der Waals surface area contributed by atoms with Crippen molar-refractivity contribution in [3.63, 3.8) is 0 Å². The van der Waals surface area contributed by atoms with Crippen LogP contribution in [0.5, 0.6) is 0 Å². The summed E-state index contributed by atoms with van der Waals surface area (Å²) < 4.78 is 0. The van der Waals surface area contributed by atoms with Gasteiger partial charge in [-0.25, -0.2) is 0 Å². The van der Waals surface area contributed by atoms with E-state index in [-0.39, 0.29) is 11.9 Å². The summed E-state index contributed by atoms with van der Waals surface area (Å²) >= 11 is 0. The Balaban J connectivity index is 2.54. The van der Waals surface area contributed by atoms with E-state index in [1.165, 1.54) is 0 Å². The monoisotopic (exact) mass is 223 g/mol. The second-order valence-corrected chi connectivity index (χ2v) is 4.34. The van der Waals surface area contributed by atoms with Crippen molar-refractivity contribution >= 4 is 5.91 Å². The van der Waals surface area contributed by atoms with Gasteiger partial charge >= 0.3 is 0 Å². The summed E-state index contributed by atoms with van der Waals surface area (Å²) in [7, 11) is 0. The summed E-state index contributed by atoms with van der Waals surface area (Å²) in [5.74, 6) is 0.182. The molecule has 0 aromatic heterocycles. The normalized spacial score (nSPS) is 17.5. The van der Waals surface area contributed by atoms with Gasteiger partial charge in [-0.15, -0.1) is 0 Å². The fourth-order valence-corrected chi connectivity index (χ4v) is 2.15. The van der Waals surface area contributed by atoms with Crippen LogP contribution in [0.3, 0.4) is 0 Å². The SMILES string of the molecule is CCCN(CC#N)C(C)C(=O)N1CCCC1. The molecule has 1 aliphatic rings. The Bertz CT molecular complexity index is 266. The van der Waals surface area contributed by atoms with Crippen LogP contribution in [0.2, 0.25) is 0 Å². The maximum atomic E-state index is 12.1. The minimum absolute atomic E-state index is 0.155. The average molecular weight is 223 g/mol. The van der Waals surface area contributed by atoms with E-state index in [2.05, 4.69) is 13.0 Å². The second-order valence-electron chi connectivity index (χ2n) is 4.34. The van der Waals surface area contributed by atoms with Gasteiger partial charge in [0.25, 0.3) is 0 Å². The van der Waals surface area contributed by atoms with Crippen LogP contribution < -0.4 is 0 Å². The summed E-state index contributed by atoms with van der Waals surface area (Å²) in [6, 6.07) is 1.98. The lowest BCUT2D eigenvalue weighted by atomic mass is 10.2. The Kier molecular flexibility index (Phi) is 5.27. The predicted octanol–water partition coefficient (Wildman–Crippen LogP) is 1.23. The van der Waals surface area contributed by atoms with Gasteiger partial charge in [0, 0.05) is 13.1 Å². The van der Waals surface area contributed by atoms with Crippen LogP contribution in [-0.4, -0.2) is 47.9 Å². The highest BCUT2D eigenvalue weighted by Gasteiger charge is 2.26. The van der Waals surface area contributed by atoms with Gasteiger partial charge in [0.15, 0.2) is 0 Å². The van der Waals surface area contributed by atoms with Gasteiger partial charge in [0.05, 0.1) is 18.7 Å². The van der Waals surface area contributed by atoms with Gasteiger partial charge in [-0.3, -0.25) is 9.69 Å². The molecule has 1 aliphatic heterocycles. The smallest absolute Gasteiger partial charge is 0.239 e. The van der Waals surface area contributed by atoms with Crippen LogP contribution in [0.15, 0.2) is 0 Å². The third kappa shape index (κ3) is 3.21. The first-order valence-corrected chi connectivity index (χ1v) is 6.10. The summed E-state index contributed by atoms with van der Waals surface area (Å²) in [4.78, 5) is 16.0. The van der Waals surface area contributed by atoms with Gasteiger partial charge in [-0.1, -0.05) is 6.92 Å². The molecule has 0 spiro atoms. The van der Waals surface area contributed by atoms with Gasteiger partial charge in [-0.05, 0) is 32.7 Å². The molecule has 4 heteroatoms. The molecular formula is C12H21N3O. The Morgan fingerprint density at radius 2 is 2.12 bits per heavy atom. The number of hydrogen-bond donors (Lipinski definition) is 0. The molecule has 16 heavy (non-hydrogen) atoms. The average Bonchev–Trinajstić information content (AvgIpc) is 2.80. The first kappa shape index (κ1) is 13.0. The molecule has 0 radical (unpaired) electrons. The summed E-state index contributed by atoms with van der Waals surface area (Å²) in [5, 5.41) is 8.74. The van der Waals surface area contributed by atoms with E-state index in [1.54, 1.807) is 0 Å². The number of hydrogen-bond acceptors (Lipinski definition) is 3. The van der Waals surface area contributed by atoms with Crippen LogP contribution >= 0.6 is 0 Å². The maximum absolute atomic E-state index is 12.1. The number of rotatable bonds is 5. The molecule has 90 valence electrons. The van der Waals surface area contributed by atoms with Crippen LogP contribution in [0.4, 0.5) is 0 Å². The van der Waals surface area contributed by atoms with Crippen molar-refractivity contribution in [2.45, 2.75) is 39.2 Å². The van der Waals surface area contributed by atoms with Crippen molar-refractivity contribution in [3.05, 3.63) is 0 Å². The molecule has 4 nitrogen and oxygen atoms in total. The number of nitrogens with zero attached hydrogens (tertiary/aromatic N) is 3. The highest BCUT2D eigenvalue weighted by atomic mass is 16.2. The van der Waals surface area contributed by atoms with Crippen molar-refractivity contribution in [2.24, 2.45) is 0 Å². The third-order valence-corrected chi connectivity index (χ3v) is 3.11. The van der Waals surface area contributed by atoms with E-state index in [0.717, 1.165) is 38.9 Å². The minimum atomic E-state index is -0.155. The molecule has 0 N–H and O–H groups in total. The summed E-state index contributed by atoms with van der Waals surface area (Å²) in [6.07, 6.45) is 3.20. The topological polar surface area (TPSA) is 47.3 Å². The zero-order valence-electron chi connectivity index (χ0n) is 10.3. The van der Waals surface area contributed by atoms with E-state index in [0.29, 0.717) is 6.54 Å². The second kappa shape index (κ2) is 6.49. The zero-order chi connectivity index (χ0) is 12.0. The molecule has 1 atom stereocenters. The highest BCUT2D eigenvalue weighted by molar-refractivity contribution is 5.81. The Hall–Kier alpha value is -1.08. The van der Waals surface area contributed by atoms with Crippen molar-refractivity contribution in [1.82, 2.24) is 9.80 Å². The molecule has 1 heterocycles. The molecule has 0 aromatic rings. The Morgan fingerprint density at radius 3 is 2.62 bits per heavy atom. The van der Waals surface area contributed by atoms with E-state index >= 15 is 0 Å². The van der Waals surface area contributed by atoms with Crippen molar-refractivity contribution < 1.29 is 4.79 Å². The van der Waals surface area contributed by atoms with E-state index < -0.39 is 0 Å². The molecule has 0 aromatic carbocycles. The lowest BCUT2D eigenvalue weighted by Crippen LogP contribution is -2.46. The quantitative estimate of drug-likeness (QED) is 0.659. The predicted molar refractivity (Wildman–Crippen MR) is 62.8 cm³/mol. The Labute approximate surface area is 97.8 Å².